The number of rotatable bonds is 7. The molecule has 0 aromatic heterocycles. The average molecular weight is 239 g/mol. The maximum Gasteiger partial charge on any atom is 0.318 e. The van der Waals surface area contributed by atoms with Crippen LogP contribution in [-0.4, -0.2) is 53.7 Å². The molecule has 0 saturated carbocycles. The van der Waals surface area contributed by atoms with Gasteiger partial charge in [-0.05, 0) is 6.42 Å². The van der Waals surface area contributed by atoms with Crippen LogP contribution < -0.4 is 0 Å². The third kappa shape index (κ3) is 5.33. The molecule has 0 aromatic carbocycles. The van der Waals surface area contributed by atoms with Gasteiger partial charge in [0.1, 0.15) is 13.1 Å². The van der Waals surface area contributed by atoms with Gasteiger partial charge < -0.3 is 10.2 Å². The van der Waals surface area contributed by atoms with Crippen molar-refractivity contribution >= 4 is 22.0 Å². The smallest absolute Gasteiger partial charge is 0.318 e. The molecule has 88 valence electrons. The van der Waals surface area contributed by atoms with E-state index in [-0.39, 0.29) is 5.75 Å². The van der Waals surface area contributed by atoms with Crippen molar-refractivity contribution in [2.24, 2.45) is 0 Å². The first kappa shape index (κ1) is 13.8. The van der Waals surface area contributed by atoms with E-state index in [2.05, 4.69) is 0 Å². The van der Waals surface area contributed by atoms with Crippen LogP contribution in [0.4, 0.5) is 0 Å². The summed E-state index contributed by atoms with van der Waals surface area (Å²) in [7, 11) is -3.79. The van der Waals surface area contributed by atoms with Gasteiger partial charge in [-0.3, -0.25) is 9.59 Å². The minimum absolute atomic E-state index is 0.256. The summed E-state index contributed by atoms with van der Waals surface area (Å²) in [6, 6.07) is 0. The molecule has 0 rings (SSSR count). The molecular formula is C7H13NO6S. The number of sulfonamides is 1. The highest BCUT2D eigenvalue weighted by Crippen LogP contribution is 2.02. The second-order valence-electron chi connectivity index (χ2n) is 2.87. The van der Waals surface area contributed by atoms with E-state index in [1.165, 1.54) is 0 Å². The van der Waals surface area contributed by atoms with Crippen LogP contribution in [0.3, 0.4) is 0 Å². The molecule has 8 heteroatoms. The highest BCUT2D eigenvalue weighted by Gasteiger charge is 2.25. The van der Waals surface area contributed by atoms with Gasteiger partial charge in [-0.1, -0.05) is 6.92 Å². The van der Waals surface area contributed by atoms with Gasteiger partial charge in [-0.2, -0.15) is 4.31 Å². The summed E-state index contributed by atoms with van der Waals surface area (Å²) < 4.78 is 23.2. The maximum atomic E-state index is 11.4. The Morgan fingerprint density at radius 3 is 1.80 bits per heavy atom. The Hall–Kier alpha value is -1.15. The summed E-state index contributed by atoms with van der Waals surface area (Å²) in [5, 5.41) is 16.9. The molecular weight excluding hydrogens is 226 g/mol. The number of carbonyl (C=O) groups is 2. The van der Waals surface area contributed by atoms with Gasteiger partial charge in [0.05, 0.1) is 5.75 Å². The van der Waals surface area contributed by atoms with E-state index in [9.17, 15) is 18.0 Å². The number of hydrogen-bond donors (Lipinski definition) is 2. The molecule has 0 heterocycles. The summed E-state index contributed by atoms with van der Waals surface area (Å²) in [5.41, 5.74) is 0. The van der Waals surface area contributed by atoms with E-state index in [1.54, 1.807) is 6.92 Å². The van der Waals surface area contributed by atoms with Crippen LogP contribution in [0.2, 0.25) is 0 Å². The fourth-order valence-corrected chi connectivity index (χ4v) is 2.33. The number of aliphatic carboxylic acids is 2. The van der Waals surface area contributed by atoms with Crippen molar-refractivity contribution < 1.29 is 28.2 Å². The van der Waals surface area contributed by atoms with Gasteiger partial charge in [0.15, 0.2) is 0 Å². The number of carboxylic acids is 2. The quantitative estimate of drug-likeness (QED) is 0.601. The second kappa shape index (κ2) is 5.66. The van der Waals surface area contributed by atoms with E-state index in [0.717, 1.165) is 0 Å². The fraction of sp³-hybridized carbons (Fsp3) is 0.714. The summed E-state index contributed by atoms with van der Waals surface area (Å²) in [5.74, 6) is -3.01. The predicted octanol–water partition coefficient (Wildman–Crippen LogP) is -0.803. The topological polar surface area (TPSA) is 112 Å². The van der Waals surface area contributed by atoms with Gasteiger partial charge in [0.2, 0.25) is 10.0 Å². The first-order chi connectivity index (χ1) is 6.79. The van der Waals surface area contributed by atoms with Crippen LogP contribution in [0.1, 0.15) is 13.3 Å². The zero-order valence-electron chi connectivity index (χ0n) is 8.21. The highest BCUT2D eigenvalue weighted by atomic mass is 32.2. The lowest BCUT2D eigenvalue weighted by Gasteiger charge is -2.17. The van der Waals surface area contributed by atoms with E-state index < -0.39 is 35.1 Å². The molecule has 0 atom stereocenters. The lowest BCUT2D eigenvalue weighted by atomic mass is 10.6. The van der Waals surface area contributed by atoms with Crippen LogP contribution >= 0.6 is 0 Å². The van der Waals surface area contributed by atoms with E-state index in [1.807, 2.05) is 0 Å². The van der Waals surface area contributed by atoms with Crippen molar-refractivity contribution in [3.05, 3.63) is 0 Å². The van der Waals surface area contributed by atoms with E-state index in [4.69, 9.17) is 10.2 Å². The summed E-state index contributed by atoms with van der Waals surface area (Å²) in [6.45, 7) is -0.0411. The first-order valence-electron chi connectivity index (χ1n) is 4.21. The lowest BCUT2D eigenvalue weighted by molar-refractivity contribution is -0.139. The minimum Gasteiger partial charge on any atom is -0.480 e. The van der Waals surface area contributed by atoms with Crippen LogP contribution in [-0.2, 0) is 19.6 Å². The Kier molecular flexibility index (Phi) is 5.23. The summed E-state index contributed by atoms with van der Waals surface area (Å²) >= 11 is 0. The first-order valence-corrected chi connectivity index (χ1v) is 5.82. The molecule has 0 fully saturated rings. The van der Waals surface area contributed by atoms with Gasteiger partial charge in [0, 0.05) is 0 Å². The summed E-state index contributed by atoms with van der Waals surface area (Å²) in [6.07, 6.45) is 0.304. The largest absolute Gasteiger partial charge is 0.480 e. The van der Waals surface area contributed by atoms with Crippen molar-refractivity contribution in [1.82, 2.24) is 4.31 Å². The van der Waals surface area contributed by atoms with Crippen LogP contribution in [0, 0.1) is 0 Å². The van der Waals surface area contributed by atoms with Crippen molar-refractivity contribution in [2.75, 3.05) is 18.8 Å². The minimum atomic E-state index is -3.79. The Morgan fingerprint density at radius 1 is 1.13 bits per heavy atom. The molecule has 2 N–H and O–H groups in total. The average Bonchev–Trinajstić information content (AvgIpc) is 2.00. The third-order valence-corrected chi connectivity index (χ3v) is 3.45. The van der Waals surface area contributed by atoms with Crippen molar-refractivity contribution in [1.29, 1.82) is 0 Å². The van der Waals surface area contributed by atoms with E-state index >= 15 is 0 Å². The molecule has 0 bridgehead atoms. The Bertz CT molecular complexity index is 319. The van der Waals surface area contributed by atoms with Crippen molar-refractivity contribution in [2.45, 2.75) is 13.3 Å². The molecule has 0 aromatic rings. The molecule has 0 unspecified atom stereocenters. The predicted molar refractivity (Wildman–Crippen MR) is 50.9 cm³/mol. The van der Waals surface area contributed by atoms with Gasteiger partial charge in [0.25, 0.3) is 0 Å². The molecule has 0 aliphatic rings. The van der Waals surface area contributed by atoms with Crippen LogP contribution in [0.25, 0.3) is 0 Å². The van der Waals surface area contributed by atoms with Crippen molar-refractivity contribution in [3.63, 3.8) is 0 Å². The lowest BCUT2D eigenvalue weighted by Crippen LogP contribution is -2.40. The molecule has 7 nitrogen and oxygen atoms in total. The standard InChI is InChI=1S/C7H13NO6S/c1-2-3-15(13,14)8(4-6(9)10)5-7(11)12/h2-5H2,1H3,(H,9,10)(H,11,12). The number of carboxylic acid groups (broad SMARTS) is 2. The molecule has 0 saturated heterocycles. The monoisotopic (exact) mass is 239 g/mol. The Balaban J connectivity index is 4.76. The molecule has 0 aliphatic carbocycles. The Morgan fingerprint density at radius 2 is 1.53 bits per heavy atom. The molecule has 0 amide bonds. The van der Waals surface area contributed by atoms with Gasteiger partial charge in [-0.25, -0.2) is 8.42 Å². The van der Waals surface area contributed by atoms with Crippen molar-refractivity contribution in [3.8, 4) is 0 Å². The fourth-order valence-electron chi connectivity index (χ4n) is 0.941. The maximum absolute atomic E-state index is 11.4. The zero-order chi connectivity index (χ0) is 12.1. The zero-order valence-corrected chi connectivity index (χ0v) is 9.03. The molecule has 15 heavy (non-hydrogen) atoms. The third-order valence-electron chi connectivity index (χ3n) is 1.48. The SMILES string of the molecule is CCCS(=O)(=O)N(CC(=O)O)CC(=O)O. The second-order valence-corrected chi connectivity index (χ2v) is 4.96. The van der Waals surface area contributed by atoms with Crippen LogP contribution in [0.15, 0.2) is 0 Å². The van der Waals surface area contributed by atoms with Gasteiger partial charge >= 0.3 is 11.9 Å². The summed E-state index contributed by atoms with van der Waals surface area (Å²) in [4.78, 5) is 20.7. The molecule has 0 radical (unpaired) electrons. The number of hydrogen-bond acceptors (Lipinski definition) is 4. The van der Waals surface area contributed by atoms with Gasteiger partial charge in [-0.15, -0.1) is 0 Å². The molecule has 0 spiro atoms. The normalized spacial score (nSPS) is 11.6. The van der Waals surface area contributed by atoms with E-state index in [0.29, 0.717) is 10.7 Å². The Labute approximate surface area is 87.4 Å². The highest BCUT2D eigenvalue weighted by molar-refractivity contribution is 7.89. The van der Waals surface area contributed by atoms with Crippen LogP contribution in [0.5, 0.6) is 0 Å². The number of nitrogens with zero attached hydrogens (tertiary/aromatic N) is 1. The molecule has 0 aliphatic heterocycles.